The van der Waals surface area contributed by atoms with E-state index < -0.39 is 16.8 Å². The summed E-state index contributed by atoms with van der Waals surface area (Å²) in [5.74, 6) is -1.74. The van der Waals surface area contributed by atoms with E-state index in [1.807, 2.05) is 0 Å². The van der Waals surface area contributed by atoms with Gasteiger partial charge in [0.05, 0.1) is 16.2 Å². The lowest BCUT2D eigenvalue weighted by molar-refractivity contribution is -0.384. The van der Waals surface area contributed by atoms with Crippen LogP contribution >= 0.6 is 23.8 Å². The van der Waals surface area contributed by atoms with Crippen LogP contribution in [0.5, 0.6) is 0 Å². The highest BCUT2D eigenvalue weighted by Crippen LogP contribution is 2.26. The molecule has 0 aliphatic heterocycles. The highest BCUT2D eigenvalue weighted by atomic mass is 35.5. The largest absolute Gasteiger partial charge is 0.478 e. The third kappa shape index (κ3) is 4.80. The van der Waals surface area contributed by atoms with Gasteiger partial charge in [0.1, 0.15) is 5.76 Å². The van der Waals surface area contributed by atoms with Gasteiger partial charge in [-0.1, -0.05) is 23.7 Å². The molecule has 0 unspecified atom stereocenters. The average Bonchev–Trinajstić information content (AvgIpc) is 3.19. The molecule has 30 heavy (non-hydrogen) atoms. The van der Waals surface area contributed by atoms with Crippen LogP contribution in [0.2, 0.25) is 5.02 Å². The van der Waals surface area contributed by atoms with Crippen molar-refractivity contribution < 1.29 is 24.0 Å². The maximum atomic E-state index is 12.4. The Kier molecular flexibility index (Phi) is 6.09. The first-order chi connectivity index (χ1) is 14.2. The van der Waals surface area contributed by atoms with E-state index in [1.54, 1.807) is 6.07 Å². The lowest BCUT2D eigenvalue weighted by Gasteiger charge is -2.11. The van der Waals surface area contributed by atoms with Gasteiger partial charge < -0.3 is 14.8 Å². The fourth-order valence-electron chi connectivity index (χ4n) is 2.51. The van der Waals surface area contributed by atoms with Crippen molar-refractivity contribution in [2.45, 2.75) is 0 Å². The Bertz CT molecular complexity index is 1180. The predicted octanol–water partition coefficient (Wildman–Crippen LogP) is 4.33. The number of hydrogen-bond acceptors (Lipinski definition) is 6. The first-order valence-electron chi connectivity index (χ1n) is 8.24. The lowest BCUT2D eigenvalue weighted by atomic mass is 10.1. The molecule has 1 amide bonds. The third-order valence-electron chi connectivity index (χ3n) is 3.86. The van der Waals surface area contributed by atoms with Crippen LogP contribution in [0.15, 0.2) is 59.0 Å². The zero-order chi connectivity index (χ0) is 21.8. The molecule has 3 rings (SSSR count). The van der Waals surface area contributed by atoms with Gasteiger partial charge in [-0.05, 0) is 42.5 Å². The molecule has 9 nitrogen and oxygen atoms in total. The van der Waals surface area contributed by atoms with E-state index in [4.69, 9.17) is 28.2 Å². The third-order valence-corrected chi connectivity index (χ3v) is 4.30. The monoisotopic (exact) mass is 445 g/mol. The molecule has 0 bridgehead atoms. The number of anilines is 1. The molecule has 0 saturated carbocycles. The molecule has 0 spiro atoms. The quantitative estimate of drug-likeness (QED) is 0.300. The van der Waals surface area contributed by atoms with Crippen LogP contribution in [0.4, 0.5) is 11.4 Å². The van der Waals surface area contributed by atoms with Crippen LogP contribution in [0.1, 0.15) is 20.9 Å². The summed E-state index contributed by atoms with van der Waals surface area (Å²) in [5.41, 5.74) is 0.340. The Morgan fingerprint density at radius 2 is 1.90 bits per heavy atom. The van der Waals surface area contributed by atoms with Gasteiger partial charge in [-0.3, -0.25) is 20.2 Å². The average molecular weight is 446 g/mol. The van der Waals surface area contributed by atoms with Crippen LogP contribution in [0, 0.1) is 10.1 Å². The number of benzene rings is 2. The molecule has 152 valence electrons. The smallest absolute Gasteiger partial charge is 0.337 e. The molecule has 0 saturated heterocycles. The van der Waals surface area contributed by atoms with Crippen LogP contribution in [-0.4, -0.2) is 27.0 Å². The number of nitrogens with one attached hydrogen (secondary N) is 2. The molecule has 0 atom stereocenters. The molecule has 3 aromatic rings. The van der Waals surface area contributed by atoms with Gasteiger partial charge in [0.25, 0.3) is 11.6 Å². The van der Waals surface area contributed by atoms with E-state index >= 15 is 0 Å². The summed E-state index contributed by atoms with van der Waals surface area (Å²) in [5, 5.41) is 25.2. The van der Waals surface area contributed by atoms with Crippen molar-refractivity contribution in [2.75, 3.05) is 5.32 Å². The van der Waals surface area contributed by atoms with Gasteiger partial charge in [-0.15, -0.1) is 0 Å². The second-order valence-electron chi connectivity index (χ2n) is 5.87. The Balaban J connectivity index is 1.72. The Morgan fingerprint density at radius 1 is 1.13 bits per heavy atom. The number of nitro benzene ring substituents is 1. The fourth-order valence-corrected chi connectivity index (χ4v) is 2.88. The topological polar surface area (TPSA) is 135 Å². The van der Waals surface area contributed by atoms with Crippen LogP contribution in [0.3, 0.4) is 0 Å². The zero-order valence-electron chi connectivity index (χ0n) is 14.9. The van der Waals surface area contributed by atoms with Gasteiger partial charge in [0.15, 0.2) is 10.9 Å². The highest BCUT2D eigenvalue weighted by molar-refractivity contribution is 7.80. The lowest BCUT2D eigenvalue weighted by Crippen LogP contribution is -2.34. The van der Waals surface area contributed by atoms with E-state index in [9.17, 15) is 24.8 Å². The van der Waals surface area contributed by atoms with Gasteiger partial charge >= 0.3 is 5.97 Å². The number of furan rings is 1. The van der Waals surface area contributed by atoms with E-state index in [-0.39, 0.29) is 38.6 Å². The second kappa shape index (κ2) is 8.72. The number of non-ortho nitro benzene ring substituents is 1. The molecule has 0 fully saturated rings. The number of amides is 1. The minimum Gasteiger partial charge on any atom is -0.478 e. The summed E-state index contributed by atoms with van der Waals surface area (Å²) in [6.07, 6.45) is 0. The molecule has 0 radical (unpaired) electrons. The standard InChI is InChI=1S/C19H12ClN3O6S/c20-11-4-5-14(13(9-11)18(25)26)21-19(30)22-17(24)16-7-6-15(29-16)10-2-1-3-12(8-10)23(27)28/h1-9H,(H,25,26)(H2,21,22,24,30). The van der Waals surface area contributed by atoms with Gasteiger partial charge in [-0.2, -0.15) is 0 Å². The van der Waals surface area contributed by atoms with E-state index in [0.29, 0.717) is 5.56 Å². The predicted molar refractivity (Wildman–Crippen MR) is 113 cm³/mol. The molecule has 3 N–H and O–H groups in total. The van der Waals surface area contributed by atoms with Gasteiger partial charge in [0, 0.05) is 22.7 Å². The van der Waals surface area contributed by atoms with Crippen molar-refractivity contribution in [1.29, 1.82) is 0 Å². The summed E-state index contributed by atoms with van der Waals surface area (Å²) >= 11 is 10.9. The van der Waals surface area contributed by atoms with E-state index in [2.05, 4.69) is 10.6 Å². The normalized spacial score (nSPS) is 10.3. The van der Waals surface area contributed by atoms with Gasteiger partial charge in [0.2, 0.25) is 0 Å². The number of carboxylic acid groups (broad SMARTS) is 1. The summed E-state index contributed by atoms with van der Waals surface area (Å²) < 4.78 is 5.46. The molecule has 11 heteroatoms. The van der Waals surface area contributed by atoms with Crippen LogP contribution in [-0.2, 0) is 0 Å². The molecule has 1 heterocycles. The molecular formula is C19H12ClN3O6S. The maximum absolute atomic E-state index is 12.4. The minimum atomic E-state index is -1.22. The number of carboxylic acids is 1. The first kappa shape index (κ1) is 21.0. The Labute approximate surface area is 179 Å². The number of carbonyl (C=O) groups is 2. The number of aromatic carboxylic acids is 1. The number of hydrogen-bond donors (Lipinski definition) is 3. The first-order valence-corrected chi connectivity index (χ1v) is 9.03. The number of carbonyl (C=O) groups excluding carboxylic acids is 1. The number of nitro groups is 1. The number of thiocarbonyl (C=S) groups is 1. The van der Waals surface area contributed by atoms with E-state index in [1.165, 1.54) is 48.5 Å². The molecule has 2 aromatic carbocycles. The SMILES string of the molecule is O=C(NC(=S)Nc1ccc(Cl)cc1C(=O)O)c1ccc(-c2cccc([N+](=O)[O-])c2)o1. The van der Waals surface area contributed by atoms with Crippen molar-refractivity contribution in [1.82, 2.24) is 5.32 Å². The van der Waals surface area contributed by atoms with E-state index in [0.717, 1.165) is 0 Å². The number of rotatable bonds is 5. The summed E-state index contributed by atoms with van der Waals surface area (Å²) in [4.78, 5) is 34.0. The van der Waals surface area contributed by atoms with Crippen molar-refractivity contribution in [2.24, 2.45) is 0 Å². The molecule has 1 aromatic heterocycles. The van der Waals surface area contributed by atoms with Crippen LogP contribution in [0.25, 0.3) is 11.3 Å². The summed E-state index contributed by atoms with van der Waals surface area (Å²) in [6.45, 7) is 0. The summed E-state index contributed by atoms with van der Waals surface area (Å²) in [6, 6.07) is 12.8. The maximum Gasteiger partial charge on any atom is 0.337 e. The molecular weight excluding hydrogens is 434 g/mol. The number of nitrogens with zero attached hydrogens (tertiary/aromatic N) is 1. The Hall–Kier alpha value is -3.76. The minimum absolute atomic E-state index is 0.0878. The second-order valence-corrected chi connectivity index (χ2v) is 6.72. The molecule has 0 aliphatic carbocycles. The zero-order valence-corrected chi connectivity index (χ0v) is 16.5. The fraction of sp³-hybridized carbons (Fsp3) is 0. The van der Waals surface area contributed by atoms with Crippen molar-refractivity contribution in [3.63, 3.8) is 0 Å². The van der Waals surface area contributed by atoms with Crippen molar-refractivity contribution >= 4 is 52.2 Å². The van der Waals surface area contributed by atoms with Gasteiger partial charge in [-0.25, -0.2) is 4.79 Å². The van der Waals surface area contributed by atoms with Crippen molar-refractivity contribution in [3.05, 3.63) is 81.1 Å². The molecule has 0 aliphatic rings. The van der Waals surface area contributed by atoms with Crippen LogP contribution < -0.4 is 10.6 Å². The van der Waals surface area contributed by atoms with Crippen molar-refractivity contribution in [3.8, 4) is 11.3 Å². The summed E-state index contributed by atoms with van der Waals surface area (Å²) in [7, 11) is 0. The number of halogens is 1. The highest BCUT2D eigenvalue weighted by Gasteiger charge is 2.17. The Morgan fingerprint density at radius 3 is 2.60 bits per heavy atom.